The molecule has 0 aliphatic carbocycles. The van der Waals surface area contributed by atoms with Gasteiger partial charge < -0.3 is 5.32 Å². The van der Waals surface area contributed by atoms with Crippen LogP contribution in [0.2, 0.25) is 0 Å². The van der Waals surface area contributed by atoms with E-state index in [2.05, 4.69) is 31.0 Å². The summed E-state index contributed by atoms with van der Waals surface area (Å²) in [6.45, 7) is 10.9. The molecule has 0 bridgehead atoms. The molecule has 2 fully saturated rings. The van der Waals surface area contributed by atoms with Crippen molar-refractivity contribution in [2.45, 2.75) is 45.2 Å². The first kappa shape index (κ1) is 9.47. The van der Waals surface area contributed by atoms with E-state index in [1.54, 1.807) is 0 Å². The summed E-state index contributed by atoms with van der Waals surface area (Å²) in [5, 5.41) is 3.53. The van der Waals surface area contributed by atoms with Gasteiger partial charge in [-0.2, -0.15) is 0 Å². The minimum Gasteiger partial charge on any atom is -0.312 e. The number of hydrogen-bond donors (Lipinski definition) is 1. The molecule has 13 heavy (non-hydrogen) atoms. The first-order chi connectivity index (χ1) is 6.13. The molecule has 2 heterocycles. The van der Waals surface area contributed by atoms with Crippen LogP contribution in [-0.2, 0) is 0 Å². The summed E-state index contributed by atoms with van der Waals surface area (Å²) >= 11 is 0. The van der Waals surface area contributed by atoms with Gasteiger partial charge in [0.05, 0.1) is 0 Å². The average Bonchev–Trinajstić information content (AvgIpc) is 2.07. The molecule has 2 nitrogen and oxygen atoms in total. The second-order valence-electron chi connectivity index (χ2n) is 5.18. The number of nitrogens with one attached hydrogen (secondary N) is 1. The Morgan fingerprint density at radius 3 is 2.69 bits per heavy atom. The smallest absolute Gasteiger partial charge is 0.0236 e. The van der Waals surface area contributed by atoms with Gasteiger partial charge in [0.1, 0.15) is 0 Å². The van der Waals surface area contributed by atoms with E-state index in [0.29, 0.717) is 5.54 Å². The highest BCUT2D eigenvalue weighted by Crippen LogP contribution is 2.29. The Kier molecular flexibility index (Phi) is 2.37. The fraction of sp³-hybridized carbons (Fsp3) is 1.00. The van der Waals surface area contributed by atoms with Gasteiger partial charge in [-0.1, -0.05) is 6.92 Å². The number of hydrogen-bond acceptors (Lipinski definition) is 2. The van der Waals surface area contributed by atoms with Crippen LogP contribution in [0.1, 0.15) is 33.6 Å². The summed E-state index contributed by atoms with van der Waals surface area (Å²) in [6, 6.07) is 0.805. The molecule has 76 valence electrons. The fourth-order valence-electron chi connectivity index (χ4n) is 2.39. The molecule has 0 aromatic rings. The van der Waals surface area contributed by atoms with Crippen LogP contribution in [0.4, 0.5) is 0 Å². The van der Waals surface area contributed by atoms with Gasteiger partial charge in [0.2, 0.25) is 0 Å². The number of fused-ring (bicyclic) bond motifs is 1. The molecule has 2 saturated heterocycles. The monoisotopic (exact) mass is 182 g/mol. The maximum absolute atomic E-state index is 3.53. The Balaban J connectivity index is 1.94. The molecule has 0 saturated carbocycles. The van der Waals surface area contributed by atoms with E-state index in [1.165, 1.54) is 32.5 Å². The Morgan fingerprint density at radius 2 is 2.23 bits per heavy atom. The van der Waals surface area contributed by atoms with Gasteiger partial charge in [0.25, 0.3) is 0 Å². The molecule has 2 rings (SSSR count). The van der Waals surface area contributed by atoms with Crippen molar-refractivity contribution in [3.05, 3.63) is 0 Å². The molecule has 2 heteroatoms. The van der Waals surface area contributed by atoms with Gasteiger partial charge in [-0.3, -0.25) is 4.90 Å². The van der Waals surface area contributed by atoms with Gasteiger partial charge in [-0.25, -0.2) is 0 Å². The van der Waals surface area contributed by atoms with Crippen LogP contribution in [-0.4, -0.2) is 36.1 Å². The minimum atomic E-state index is 0.405. The molecule has 0 radical (unpaired) electrons. The Hall–Kier alpha value is -0.0800. The van der Waals surface area contributed by atoms with Crippen LogP contribution in [0.25, 0.3) is 0 Å². The van der Waals surface area contributed by atoms with Crippen LogP contribution in [0.15, 0.2) is 0 Å². The lowest BCUT2D eigenvalue weighted by atomic mass is 9.82. The van der Waals surface area contributed by atoms with Crippen LogP contribution in [0.5, 0.6) is 0 Å². The largest absolute Gasteiger partial charge is 0.312 e. The van der Waals surface area contributed by atoms with Crippen LogP contribution < -0.4 is 5.32 Å². The van der Waals surface area contributed by atoms with Crippen LogP contribution in [0.3, 0.4) is 0 Å². The van der Waals surface area contributed by atoms with Crippen molar-refractivity contribution >= 4 is 0 Å². The summed E-state index contributed by atoms with van der Waals surface area (Å²) in [5.74, 6) is 0.990. The van der Waals surface area contributed by atoms with Gasteiger partial charge in [0.15, 0.2) is 0 Å². The van der Waals surface area contributed by atoms with E-state index in [4.69, 9.17) is 0 Å². The van der Waals surface area contributed by atoms with Crippen molar-refractivity contribution in [3.8, 4) is 0 Å². The maximum atomic E-state index is 3.53. The van der Waals surface area contributed by atoms with Gasteiger partial charge in [-0.05, 0) is 45.7 Å². The van der Waals surface area contributed by atoms with Gasteiger partial charge in [-0.15, -0.1) is 0 Å². The predicted octanol–water partition coefficient (Wildman–Crippen LogP) is 1.47. The summed E-state index contributed by atoms with van der Waals surface area (Å²) in [4.78, 5) is 2.65. The standard InChI is InChI=1S/C11H22N2/c1-4-11(2,3)13-6-5-9-7-12-10(9)8-13/h9-10,12H,4-8H2,1-3H3. The maximum Gasteiger partial charge on any atom is 0.0236 e. The normalized spacial score (nSPS) is 35.3. The third-order valence-corrected chi connectivity index (χ3v) is 4.12. The summed E-state index contributed by atoms with van der Waals surface area (Å²) in [7, 11) is 0. The minimum absolute atomic E-state index is 0.405. The van der Waals surface area contributed by atoms with Gasteiger partial charge in [0, 0.05) is 18.1 Å². The van der Waals surface area contributed by atoms with E-state index in [1.807, 2.05) is 0 Å². The van der Waals surface area contributed by atoms with Crippen molar-refractivity contribution in [1.29, 1.82) is 0 Å². The highest BCUT2D eigenvalue weighted by molar-refractivity contribution is 4.97. The number of nitrogens with zero attached hydrogens (tertiary/aromatic N) is 1. The summed E-state index contributed by atoms with van der Waals surface area (Å²) in [6.07, 6.45) is 2.66. The lowest BCUT2D eigenvalue weighted by Gasteiger charge is -2.51. The van der Waals surface area contributed by atoms with Crippen molar-refractivity contribution < 1.29 is 0 Å². The summed E-state index contributed by atoms with van der Waals surface area (Å²) in [5.41, 5.74) is 0.405. The van der Waals surface area contributed by atoms with E-state index in [9.17, 15) is 0 Å². The summed E-state index contributed by atoms with van der Waals surface area (Å²) < 4.78 is 0. The number of piperidine rings is 1. The molecule has 0 aromatic heterocycles. The zero-order chi connectivity index (χ0) is 9.47. The molecule has 1 N–H and O–H groups in total. The number of rotatable bonds is 2. The Bertz CT molecular complexity index is 189. The molecule has 2 aliphatic rings. The lowest BCUT2D eigenvalue weighted by molar-refractivity contribution is 0.0189. The first-order valence-electron chi connectivity index (χ1n) is 5.62. The molecule has 0 spiro atoms. The highest BCUT2D eigenvalue weighted by atomic mass is 15.2. The van der Waals surface area contributed by atoms with Gasteiger partial charge >= 0.3 is 0 Å². The van der Waals surface area contributed by atoms with E-state index in [0.717, 1.165) is 12.0 Å². The van der Waals surface area contributed by atoms with Crippen LogP contribution in [0, 0.1) is 5.92 Å². The van der Waals surface area contributed by atoms with Crippen LogP contribution >= 0.6 is 0 Å². The Morgan fingerprint density at radius 1 is 1.46 bits per heavy atom. The second-order valence-corrected chi connectivity index (χ2v) is 5.18. The molecular weight excluding hydrogens is 160 g/mol. The van der Waals surface area contributed by atoms with Crippen molar-refractivity contribution in [3.63, 3.8) is 0 Å². The van der Waals surface area contributed by atoms with Crippen molar-refractivity contribution in [2.75, 3.05) is 19.6 Å². The third kappa shape index (κ3) is 1.62. The van der Waals surface area contributed by atoms with Crippen molar-refractivity contribution in [1.82, 2.24) is 10.2 Å². The zero-order valence-electron chi connectivity index (χ0n) is 9.14. The molecular formula is C11H22N2. The molecule has 2 aliphatic heterocycles. The van der Waals surface area contributed by atoms with Crippen molar-refractivity contribution in [2.24, 2.45) is 5.92 Å². The molecule has 0 amide bonds. The predicted molar refractivity (Wildman–Crippen MR) is 55.8 cm³/mol. The second kappa shape index (κ2) is 3.25. The van der Waals surface area contributed by atoms with E-state index >= 15 is 0 Å². The van der Waals surface area contributed by atoms with E-state index in [-0.39, 0.29) is 0 Å². The first-order valence-corrected chi connectivity index (χ1v) is 5.62. The molecule has 2 atom stereocenters. The quantitative estimate of drug-likeness (QED) is 0.695. The SMILES string of the molecule is CCC(C)(C)N1CCC2CNC2C1. The molecule has 0 aromatic carbocycles. The fourth-order valence-corrected chi connectivity index (χ4v) is 2.39. The highest BCUT2D eigenvalue weighted by Gasteiger charge is 2.39. The lowest BCUT2D eigenvalue weighted by Crippen LogP contribution is -2.65. The zero-order valence-corrected chi connectivity index (χ0v) is 9.14. The Labute approximate surface area is 81.7 Å². The average molecular weight is 182 g/mol. The third-order valence-electron chi connectivity index (χ3n) is 4.12. The molecule has 2 unspecified atom stereocenters. The topological polar surface area (TPSA) is 15.3 Å². The number of likely N-dealkylation sites (tertiary alicyclic amines) is 1. The van der Waals surface area contributed by atoms with E-state index < -0.39 is 0 Å².